The van der Waals surface area contributed by atoms with Gasteiger partial charge in [-0.25, -0.2) is 12.7 Å². The summed E-state index contributed by atoms with van der Waals surface area (Å²) in [6.07, 6.45) is 6.01. The van der Waals surface area contributed by atoms with Gasteiger partial charge in [0.25, 0.3) is 0 Å². The Kier molecular flexibility index (Phi) is 4.72. The van der Waals surface area contributed by atoms with Gasteiger partial charge in [0.1, 0.15) is 0 Å². The Labute approximate surface area is 119 Å². The van der Waals surface area contributed by atoms with Gasteiger partial charge < -0.3 is 5.32 Å². The fourth-order valence-electron chi connectivity index (χ4n) is 2.29. The summed E-state index contributed by atoms with van der Waals surface area (Å²) >= 11 is 0. The highest BCUT2D eigenvalue weighted by atomic mass is 32.2. The lowest BCUT2D eigenvalue weighted by Crippen LogP contribution is -2.44. The molecule has 1 saturated heterocycles. The van der Waals surface area contributed by atoms with Gasteiger partial charge in [-0.05, 0) is 24.5 Å². The summed E-state index contributed by atoms with van der Waals surface area (Å²) in [5, 5.41) is 2.84. The first-order chi connectivity index (χ1) is 9.47. The highest BCUT2D eigenvalue weighted by Gasteiger charge is 2.29. The predicted octanol–water partition coefficient (Wildman–Crippen LogP) is 0.369. The van der Waals surface area contributed by atoms with Crippen molar-refractivity contribution in [2.75, 3.05) is 19.3 Å². The molecule has 0 aliphatic carbocycles. The Hall–Kier alpha value is -1.47. The van der Waals surface area contributed by atoms with Gasteiger partial charge in [-0.3, -0.25) is 9.78 Å². The second kappa shape index (κ2) is 6.32. The largest absolute Gasteiger partial charge is 0.352 e. The van der Waals surface area contributed by atoms with E-state index in [4.69, 9.17) is 0 Å². The lowest BCUT2D eigenvalue weighted by molar-refractivity contribution is -0.126. The van der Waals surface area contributed by atoms with Gasteiger partial charge in [0.15, 0.2) is 0 Å². The molecule has 1 fully saturated rings. The average Bonchev–Trinajstić information content (AvgIpc) is 2.45. The first-order valence-electron chi connectivity index (χ1n) is 6.58. The standard InChI is InChI=1S/C13H19N3O3S/c1-20(18,19)16-7-3-5-12(10-16)13(17)15-9-11-4-2-6-14-8-11/h2,4,6,8,12H,3,5,7,9-10H2,1H3,(H,15,17). The number of aromatic nitrogens is 1. The number of hydrogen-bond acceptors (Lipinski definition) is 4. The predicted molar refractivity (Wildman–Crippen MR) is 75.2 cm³/mol. The van der Waals surface area contributed by atoms with Crippen LogP contribution in [0.5, 0.6) is 0 Å². The van der Waals surface area contributed by atoms with E-state index < -0.39 is 10.0 Å². The van der Waals surface area contributed by atoms with Gasteiger partial charge >= 0.3 is 0 Å². The second-order valence-electron chi connectivity index (χ2n) is 5.04. The lowest BCUT2D eigenvalue weighted by atomic mass is 9.99. The van der Waals surface area contributed by atoms with Gasteiger partial charge in [-0.15, -0.1) is 0 Å². The molecule has 1 amide bonds. The van der Waals surface area contributed by atoms with Crippen molar-refractivity contribution in [3.05, 3.63) is 30.1 Å². The van der Waals surface area contributed by atoms with Crippen molar-refractivity contribution in [2.24, 2.45) is 5.92 Å². The molecule has 2 heterocycles. The molecule has 0 saturated carbocycles. The smallest absolute Gasteiger partial charge is 0.224 e. The molecule has 1 aliphatic heterocycles. The average molecular weight is 297 g/mol. The molecule has 1 unspecified atom stereocenters. The van der Waals surface area contributed by atoms with E-state index in [1.54, 1.807) is 12.4 Å². The number of carbonyl (C=O) groups excluding carboxylic acids is 1. The molecule has 7 heteroatoms. The van der Waals surface area contributed by atoms with Crippen LogP contribution in [0.15, 0.2) is 24.5 Å². The third-order valence-electron chi connectivity index (χ3n) is 3.41. The minimum Gasteiger partial charge on any atom is -0.352 e. The normalized spacial score (nSPS) is 20.6. The zero-order valence-corrected chi connectivity index (χ0v) is 12.3. The first kappa shape index (κ1) is 14.9. The van der Waals surface area contributed by atoms with Gasteiger partial charge in [0.05, 0.1) is 12.2 Å². The summed E-state index contributed by atoms with van der Waals surface area (Å²) in [6.45, 7) is 1.20. The van der Waals surface area contributed by atoms with Crippen LogP contribution in [-0.4, -0.2) is 43.0 Å². The number of pyridine rings is 1. The molecule has 6 nitrogen and oxygen atoms in total. The summed E-state index contributed by atoms with van der Waals surface area (Å²) in [5.74, 6) is -0.364. The van der Waals surface area contributed by atoms with E-state index >= 15 is 0 Å². The van der Waals surface area contributed by atoms with Crippen LogP contribution in [0.4, 0.5) is 0 Å². The Morgan fingerprint density at radius 2 is 2.35 bits per heavy atom. The minimum absolute atomic E-state index is 0.0952. The molecular weight excluding hydrogens is 278 g/mol. The molecule has 2 rings (SSSR count). The van der Waals surface area contributed by atoms with Crippen LogP contribution in [0, 0.1) is 5.92 Å². The van der Waals surface area contributed by atoms with Crippen molar-refractivity contribution >= 4 is 15.9 Å². The Morgan fingerprint density at radius 3 is 3.00 bits per heavy atom. The number of amides is 1. The molecule has 20 heavy (non-hydrogen) atoms. The van der Waals surface area contributed by atoms with Gasteiger partial charge in [-0.2, -0.15) is 0 Å². The van der Waals surface area contributed by atoms with Crippen LogP contribution in [0.1, 0.15) is 18.4 Å². The zero-order chi connectivity index (χ0) is 14.6. The summed E-state index contributed by atoms with van der Waals surface area (Å²) in [4.78, 5) is 16.1. The van der Waals surface area contributed by atoms with Crippen molar-refractivity contribution in [3.8, 4) is 0 Å². The van der Waals surface area contributed by atoms with Crippen LogP contribution < -0.4 is 5.32 Å². The van der Waals surface area contributed by atoms with Crippen molar-refractivity contribution in [2.45, 2.75) is 19.4 Å². The Bertz CT molecular complexity index is 559. The fraction of sp³-hybridized carbons (Fsp3) is 0.538. The fourth-order valence-corrected chi connectivity index (χ4v) is 3.21. The van der Waals surface area contributed by atoms with Crippen molar-refractivity contribution in [3.63, 3.8) is 0 Å². The van der Waals surface area contributed by atoms with Crippen LogP contribution >= 0.6 is 0 Å². The number of sulfonamides is 1. The van der Waals surface area contributed by atoms with E-state index in [0.717, 1.165) is 18.4 Å². The van der Waals surface area contributed by atoms with E-state index in [1.807, 2.05) is 12.1 Å². The molecule has 0 bridgehead atoms. The number of hydrogen-bond donors (Lipinski definition) is 1. The molecule has 1 N–H and O–H groups in total. The van der Waals surface area contributed by atoms with Crippen LogP contribution in [0.3, 0.4) is 0 Å². The van der Waals surface area contributed by atoms with Gasteiger partial charge in [0, 0.05) is 32.0 Å². The molecule has 1 aromatic heterocycles. The third kappa shape index (κ3) is 4.01. The molecule has 1 aliphatic rings. The van der Waals surface area contributed by atoms with Gasteiger partial charge in [0.2, 0.25) is 15.9 Å². The van der Waals surface area contributed by atoms with Crippen molar-refractivity contribution in [1.82, 2.24) is 14.6 Å². The van der Waals surface area contributed by atoms with Crippen molar-refractivity contribution in [1.29, 1.82) is 0 Å². The monoisotopic (exact) mass is 297 g/mol. The highest BCUT2D eigenvalue weighted by molar-refractivity contribution is 7.88. The van der Waals surface area contributed by atoms with E-state index in [-0.39, 0.29) is 18.4 Å². The summed E-state index contributed by atoms with van der Waals surface area (Å²) in [6, 6.07) is 3.70. The third-order valence-corrected chi connectivity index (χ3v) is 4.68. The number of nitrogens with zero attached hydrogens (tertiary/aromatic N) is 2. The molecule has 0 radical (unpaired) electrons. The lowest BCUT2D eigenvalue weighted by Gasteiger charge is -2.30. The SMILES string of the molecule is CS(=O)(=O)N1CCCC(C(=O)NCc2cccnc2)C1. The van der Waals surface area contributed by atoms with E-state index in [2.05, 4.69) is 10.3 Å². The summed E-state index contributed by atoms with van der Waals surface area (Å²) in [7, 11) is -3.22. The quantitative estimate of drug-likeness (QED) is 0.871. The maximum atomic E-state index is 12.1. The Morgan fingerprint density at radius 1 is 1.55 bits per heavy atom. The van der Waals surface area contributed by atoms with E-state index in [0.29, 0.717) is 13.1 Å². The maximum Gasteiger partial charge on any atom is 0.224 e. The van der Waals surface area contributed by atoms with E-state index in [1.165, 1.54) is 10.6 Å². The summed E-state index contributed by atoms with van der Waals surface area (Å²) < 4.78 is 24.4. The Balaban J connectivity index is 1.89. The molecule has 1 aromatic rings. The van der Waals surface area contributed by atoms with Crippen LogP contribution in [0.25, 0.3) is 0 Å². The van der Waals surface area contributed by atoms with Crippen molar-refractivity contribution < 1.29 is 13.2 Å². The number of rotatable bonds is 4. The summed E-state index contributed by atoms with van der Waals surface area (Å²) in [5.41, 5.74) is 0.927. The van der Waals surface area contributed by atoms with Crippen LogP contribution in [0.2, 0.25) is 0 Å². The molecule has 110 valence electrons. The molecule has 1 atom stereocenters. The van der Waals surface area contributed by atoms with Crippen LogP contribution in [-0.2, 0) is 21.4 Å². The number of piperidine rings is 1. The molecular formula is C13H19N3O3S. The number of carbonyl (C=O) groups is 1. The first-order valence-corrected chi connectivity index (χ1v) is 8.43. The topological polar surface area (TPSA) is 79.4 Å². The molecule has 0 spiro atoms. The molecule has 0 aromatic carbocycles. The zero-order valence-electron chi connectivity index (χ0n) is 11.4. The number of nitrogens with one attached hydrogen (secondary N) is 1. The highest BCUT2D eigenvalue weighted by Crippen LogP contribution is 2.18. The second-order valence-corrected chi connectivity index (χ2v) is 7.02. The van der Waals surface area contributed by atoms with Gasteiger partial charge in [-0.1, -0.05) is 6.07 Å². The minimum atomic E-state index is -3.22. The van der Waals surface area contributed by atoms with E-state index in [9.17, 15) is 13.2 Å². The maximum absolute atomic E-state index is 12.1.